The number of hydrogen-bond donors (Lipinski definition) is 1. The first-order chi connectivity index (χ1) is 8.34. The van der Waals surface area contributed by atoms with Crippen molar-refractivity contribution in [1.82, 2.24) is 4.31 Å². The summed E-state index contributed by atoms with van der Waals surface area (Å²) in [5.41, 5.74) is 0.950. The number of aliphatic hydroxyl groups is 1. The minimum absolute atomic E-state index is 0.0940. The van der Waals surface area contributed by atoms with Gasteiger partial charge in [-0.2, -0.15) is 4.31 Å². The number of rotatable bonds is 5. The minimum atomic E-state index is -3.59. The third kappa shape index (κ3) is 3.33. The van der Waals surface area contributed by atoms with Crippen molar-refractivity contribution in [3.63, 3.8) is 0 Å². The molecule has 102 valence electrons. The second-order valence-electron chi connectivity index (χ2n) is 3.75. The number of benzene rings is 1. The van der Waals surface area contributed by atoms with Crippen LogP contribution in [0, 0.1) is 6.92 Å². The number of halogens is 2. The summed E-state index contributed by atoms with van der Waals surface area (Å²) >= 11 is 6.61. The maximum atomic E-state index is 12.4. The third-order valence-corrected chi connectivity index (χ3v) is 6.32. The Morgan fingerprint density at radius 1 is 1.28 bits per heavy atom. The first kappa shape index (κ1) is 16.1. The smallest absolute Gasteiger partial charge is 0.244 e. The van der Waals surface area contributed by atoms with Crippen LogP contribution in [0.15, 0.2) is 26.0 Å². The SMILES string of the molecule is CCN(CCO)S(=O)(=O)c1cc(Br)c(C)cc1Br. The van der Waals surface area contributed by atoms with Crippen LogP contribution in [-0.2, 0) is 10.0 Å². The molecule has 0 amide bonds. The van der Waals surface area contributed by atoms with Crippen LogP contribution < -0.4 is 0 Å². The number of likely N-dealkylation sites (N-methyl/N-ethyl adjacent to an activating group) is 1. The van der Waals surface area contributed by atoms with Crippen LogP contribution >= 0.6 is 31.9 Å². The van der Waals surface area contributed by atoms with E-state index in [1.165, 1.54) is 4.31 Å². The van der Waals surface area contributed by atoms with Crippen LogP contribution in [0.5, 0.6) is 0 Å². The van der Waals surface area contributed by atoms with Gasteiger partial charge in [-0.15, -0.1) is 0 Å². The molecule has 7 heteroatoms. The Balaban J connectivity index is 3.32. The standard InChI is InChI=1S/C11H15Br2NO3S/c1-3-14(4-5-15)18(16,17)11-7-9(12)8(2)6-10(11)13/h6-7,15H,3-5H2,1-2H3. The Labute approximate surface area is 124 Å². The van der Waals surface area contributed by atoms with E-state index >= 15 is 0 Å². The molecule has 0 saturated carbocycles. The predicted molar refractivity (Wildman–Crippen MR) is 78.1 cm³/mol. The number of aliphatic hydroxyl groups excluding tert-OH is 1. The predicted octanol–water partition coefficient (Wildman–Crippen LogP) is 2.52. The number of nitrogens with zero attached hydrogens (tertiary/aromatic N) is 1. The van der Waals surface area contributed by atoms with Gasteiger partial charge in [0.2, 0.25) is 10.0 Å². The summed E-state index contributed by atoms with van der Waals surface area (Å²) in [5, 5.41) is 8.92. The Morgan fingerprint density at radius 3 is 2.39 bits per heavy atom. The molecule has 0 atom stereocenters. The Hall–Kier alpha value is 0.0500. The maximum Gasteiger partial charge on any atom is 0.244 e. The highest BCUT2D eigenvalue weighted by molar-refractivity contribution is 9.11. The highest BCUT2D eigenvalue weighted by atomic mass is 79.9. The lowest BCUT2D eigenvalue weighted by atomic mass is 10.2. The summed E-state index contributed by atoms with van der Waals surface area (Å²) in [6, 6.07) is 3.33. The molecule has 0 aromatic heterocycles. The van der Waals surface area contributed by atoms with Gasteiger partial charge >= 0.3 is 0 Å². The Kier molecular flexibility index (Phi) is 5.79. The van der Waals surface area contributed by atoms with Gasteiger partial charge in [-0.3, -0.25) is 0 Å². The maximum absolute atomic E-state index is 12.4. The molecule has 0 aliphatic heterocycles. The van der Waals surface area contributed by atoms with E-state index in [0.717, 1.165) is 10.0 Å². The van der Waals surface area contributed by atoms with Crippen molar-refractivity contribution in [2.75, 3.05) is 19.7 Å². The molecule has 0 spiro atoms. The zero-order valence-electron chi connectivity index (χ0n) is 10.2. The second-order valence-corrected chi connectivity index (χ2v) is 7.37. The van der Waals surface area contributed by atoms with E-state index in [0.29, 0.717) is 11.0 Å². The van der Waals surface area contributed by atoms with Gasteiger partial charge in [0.25, 0.3) is 0 Å². The molecule has 18 heavy (non-hydrogen) atoms. The topological polar surface area (TPSA) is 57.6 Å². The summed E-state index contributed by atoms with van der Waals surface area (Å²) in [6.07, 6.45) is 0. The summed E-state index contributed by atoms with van der Waals surface area (Å²) in [4.78, 5) is 0.204. The fourth-order valence-corrected chi connectivity index (χ4v) is 4.60. The average molecular weight is 401 g/mol. The lowest BCUT2D eigenvalue weighted by molar-refractivity contribution is 0.257. The molecule has 4 nitrogen and oxygen atoms in total. The Bertz CT molecular complexity index is 531. The van der Waals surface area contributed by atoms with Gasteiger partial charge in [0.1, 0.15) is 0 Å². The summed E-state index contributed by atoms with van der Waals surface area (Å²) in [5.74, 6) is 0. The largest absolute Gasteiger partial charge is 0.395 e. The molecular weight excluding hydrogens is 386 g/mol. The van der Waals surface area contributed by atoms with Crippen LogP contribution in [0.2, 0.25) is 0 Å². The molecule has 0 saturated heterocycles. The molecule has 1 aromatic rings. The molecule has 1 rings (SSSR count). The molecule has 0 fully saturated rings. The van der Waals surface area contributed by atoms with Crippen molar-refractivity contribution < 1.29 is 13.5 Å². The van der Waals surface area contributed by atoms with Crippen LogP contribution in [0.25, 0.3) is 0 Å². The Morgan fingerprint density at radius 2 is 1.89 bits per heavy atom. The lowest BCUT2D eigenvalue weighted by Crippen LogP contribution is -2.33. The van der Waals surface area contributed by atoms with E-state index in [9.17, 15) is 8.42 Å². The first-order valence-electron chi connectivity index (χ1n) is 5.41. The number of hydrogen-bond acceptors (Lipinski definition) is 3. The van der Waals surface area contributed by atoms with Crippen molar-refractivity contribution in [2.24, 2.45) is 0 Å². The van der Waals surface area contributed by atoms with E-state index in [1.54, 1.807) is 19.1 Å². The molecule has 0 bridgehead atoms. The number of sulfonamides is 1. The molecular formula is C11H15Br2NO3S. The van der Waals surface area contributed by atoms with E-state index in [1.807, 2.05) is 6.92 Å². The molecule has 0 radical (unpaired) electrons. The molecule has 1 N–H and O–H groups in total. The number of aryl methyl sites for hydroxylation is 1. The zero-order valence-corrected chi connectivity index (χ0v) is 14.1. The monoisotopic (exact) mass is 399 g/mol. The highest BCUT2D eigenvalue weighted by Gasteiger charge is 2.25. The minimum Gasteiger partial charge on any atom is -0.395 e. The van der Waals surface area contributed by atoms with Crippen molar-refractivity contribution >= 4 is 41.9 Å². The van der Waals surface area contributed by atoms with Crippen molar-refractivity contribution in [1.29, 1.82) is 0 Å². The van der Waals surface area contributed by atoms with Gasteiger partial charge in [-0.05, 0) is 40.5 Å². The van der Waals surface area contributed by atoms with Gasteiger partial charge in [0.15, 0.2) is 0 Å². The summed E-state index contributed by atoms with van der Waals surface area (Å²) in [6.45, 7) is 3.84. The normalized spacial score (nSPS) is 12.1. The lowest BCUT2D eigenvalue weighted by Gasteiger charge is -2.20. The van der Waals surface area contributed by atoms with Crippen LogP contribution in [0.4, 0.5) is 0 Å². The van der Waals surface area contributed by atoms with Crippen molar-refractivity contribution in [3.8, 4) is 0 Å². The second kappa shape index (κ2) is 6.47. The molecule has 0 aliphatic carbocycles. The average Bonchev–Trinajstić information content (AvgIpc) is 2.30. The van der Waals surface area contributed by atoms with Gasteiger partial charge < -0.3 is 5.11 Å². The summed E-state index contributed by atoms with van der Waals surface area (Å²) < 4.78 is 27.3. The first-order valence-corrected chi connectivity index (χ1v) is 8.43. The van der Waals surface area contributed by atoms with Crippen LogP contribution in [0.3, 0.4) is 0 Å². The van der Waals surface area contributed by atoms with Gasteiger partial charge in [0, 0.05) is 22.0 Å². The zero-order chi connectivity index (χ0) is 13.9. The quantitative estimate of drug-likeness (QED) is 0.826. The van der Waals surface area contributed by atoms with E-state index < -0.39 is 10.0 Å². The van der Waals surface area contributed by atoms with Crippen LogP contribution in [0.1, 0.15) is 12.5 Å². The van der Waals surface area contributed by atoms with Crippen molar-refractivity contribution in [2.45, 2.75) is 18.7 Å². The van der Waals surface area contributed by atoms with Crippen LogP contribution in [-0.4, -0.2) is 37.5 Å². The fourth-order valence-electron chi connectivity index (χ4n) is 1.52. The third-order valence-electron chi connectivity index (χ3n) is 2.53. The molecule has 1 aromatic carbocycles. The summed E-state index contributed by atoms with van der Waals surface area (Å²) in [7, 11) is -3.59. The van der Waals surface area contributed by atoms with E-state index in [-0.39, 0.29) is 18.0 Å². The van der Waals surface area contributed by atoms with Gasteiger partial charge in [-0.1, -0.05) is 22.9 Å². The molecule has 0 heterocycles. The van der Waals surface area contributed by atoms with E-state index in [2.05, 4.69) is 31.9 Å². The van der Waals surface area contributed by atoms with Gasteiger partial charge in [-0.25, -0.2) is 8.42 Å². The van der Waals surface area contributed by atoms with Gasteiger partial charge in [0.05, 0.1) is 11.5 Å². The van der Waals surface area contributed by atoms with E-state index in [4.69, 9.17) is 5.11 Å². The molecule has 0 unspecified atom stereocenters. The molecule has 0 aliphatic rings. The highest BCUT2D eigenvalue weighted by Crippen LogP contribution is 2.30. The van der Waals surface area contributed by atoms with Crippen molar-refractivity contribution in [3.05, 3.63) is 26.6 Å². The fraction of sp³-hybridized carbons (Fsp3) is 0.455.